The average molecular weight is 700 g/mol. The molecule has 0 saturated carbocycles. The zero-order valence-corrected chi connectivity index (χ0v) is 29.4. The van der Waals surface area contributed by atoms with Crippen LogP contribution in [-0.4, -0.2) is 70.1 Å². The standard InChI is InChI=1S/C39H42ClN3O5S/c1-5-22-41(27-16-18-28(19-17-27)48-7-3)36(45)32-31-20-21-39(49-31)33(32)37(46)43(30(24-44)26-13-9-8-10-14-26)35(39)38(47)42(23-6-2)34-25(4)12-11-15-29(34)40/h5-6,8-19,30-33,35,44H,1-2,7,20-24H2,3-4H3/t30-,31-,32+,33+,35?,39?/m1/s1. The Labute approximate surface area is 297 Å². The van der Waals surface area contributed by atoms with Gasteiger partial charge < -0.3 is 24.5 Å². The van der Waals surface area contributed by atoms with Crippen molar-refractivity contribution in [1.82, 2.24) is 4.90 Å². The Morgan fingerprint density at radius 2 is 1.73 bits per heavy atom. The van der Waals surface area contributed by atoms with Gasteiger partial charge in [-0.2, -0.15) is 0 Å². The first kappa shape index (κ1) is 34.8. The number of aryl methyl sites for hydroxylation is 1. The molecule has 3 aromatic carbocycles. The van der Waals surface area contributed by atoms with Gasteiger partial charge in [-0.05, 0) is 68.1 Å². The Balaban J connectivity index is 1.47. The van der Waals surface area contributed by atoms with Crippen molar-refractivity contribution < 1.29 is 24.2 Å². The third-order valence-corrected chi connectivity index (χ3v) is 12.3. The maximum atomic E-state index is 15.2. The summed E-state index contributed by atoms with van der Waals surface area (Å²) in [5, 5.41) is 11.2. The maximum Gasteiger partial charge on any atom is 0.251 e. The molecule has 0 aromatic heterocycles. The lowest BCUT2D eigenvalue weighted by atomic mass is 9.70. The van der Waals surface area contributed by atoms with Crippen LogP contribution in [0.3, 0.4) is 0 Å². The average Bonchev–Trinajstić information content (AvgIpc) is 3.75. The minimum absolute atomic E-state index is 0.159. The monoisotopic (exact) mass is 699 g/mol. The fourth-order valence-corrected chi connectivity index (χ4v) is 10.6. The van der Waals surface area contributed by atoms with Gasteiger partial charge in [0.05, 0.1) is 46.5 Å². The first-order valence-corrected chi connectivity index (χ1v) is 18.0. The normalized spacial score (nSPS) is 24.3. The summed E-state index contributed by atoms with van der Waals surface area (Å²) in [6.07, 6.45) is 4.58. The molecule has 49 heavy (non-hydrogen) atoms. The van der Waals surface area contributed by atoms with E-state index < -0.39 is 35.3 Å². The molecule has 1 spiro atoms. The summed E-state index contributed by atoms with van der Waals surface area (Å²) >= 11 is 8.33. The predicted molar refractivity (Wildman–Crippen MR) is 196 cm³/mol. The van der Waals surface area contributed by atoms with Crippen molar-refractivity contribution in [3.63, 3.8) is 0 Å². The van der Waals surface area contributed by atoms with Gasteiger partial charge in [-0.1, -0.05) is 66.2 Å². The number of hydrogen-bond acceptors (Lipinski definition) is 6. The van der Waals surface area contributed by atoms with Crippen LogP contribution in [0.4, 0.5) is 11.4 Å². The molecule has 0 aliphatic carbocycles. The largest absolute Gasteiger partial charge is 0.494 e. The van der Waals surface area contributed by atoms with Gasteiger partial charge in [0, 0.05) is 24.0 Å². The van der Waals surface area contributed by atoms with E-state index in [1.165, 1.54) is 0 Å². The van der Waals surface area contributed by atoms with Gasteiger partial charge in [-0.3, -0.25) is 14.4 Å². The molecule has 10 heteroatoms. The highest BCUT2D eigenvalue weighted by atomic mass is 35.5. The molecular formula is C39H42ClN3O5S. The summed E-state index contributed by atoms with van der Waals surface area (Å²) in [5.74, 6) is -1.54. The molecule has 8 nitrogen and oxygen atoms in total. The topological polar surface area (TPSA) is 90.4 Å². The highest BCUT2D eigenvalue weighted by Gasteiger charge is 2.75. The van der Waals surface area contributed by atoms with E-state index >= 15 is 9.59 Å². The van der Waals surface area contributed by atoms with E-state index in [1.807, 2.05) is 80.6 Å². The minimum Gasteiger partial charge on any atom is -0.494 e. The van der Waals surface area contributed by atoms with Crippen LogP contribution >= 0.6 is 23.4 Å². The zero-order chi connectivity index (χ0) is 34.9. The molecule has 3 saturated heterocycles. The first-order valence-electron chi connectivity index (χ1n) is 16.7. The number of benzene rings is 3. The summed E-state index contributed by atoms with van der Waals surface area (Å²) in [4.78, 5) is 49.8. The summed E-state index contributed by atoms with van der Waals surface area (Å²) in [5.41, 5.74) is 2.75. The van der Waals surface area contributed by atoms with Crippen LogP contribution in [0, 0.1) is 18.8 Å². The van der Waals surface area contributed by atoms with Gasteiger partial charge >= 0.3 is 0 Å². The number of hydrogen-bond donors (Lipinski definition) is 1. The second-order valence-corrected chi connectivity index (χ2v) is 14.7. The summed E-state index contributed by atoms with van der Waals surface area (Å²) in [7, 11) is 0. The molecule has 6 atom stereocenters. The lowest BCUT2D eigenvalue weighted by Crippen LogP contribution is -2.56. The van der Waals surface area contributed by atoms with Crippen LogP contribution in [0.2, 0.25) is 5.02 Å². The molecular weight excluding hydrogens is 658 g/mol. The molecule has 3 heterocycles. The summed E-state index contributed by atoms with van der Waals surface area (Å²) in [6, 6.07) is 20.3. The lowest BCUT2D eigenvalue weighted by Gasteiger charge is -2.40. The van der Waals surface area contributed by atoms with Crippen molar-refractivity contribution in [2.75, 3.05) is 36.1 Å². The molecule has 2 bridgehead atoms. The quantitative estimate of drug-likeness (QED) is 0.202. The third kappa shape index (κ3) is 5.96. The molecule has 3 amide bonds. The second kappa shape index (κ2) is 14.4. The van der Waals surface area contributed by atoms with Crippen LogP contribution in [0.5, 0.6) is 5.75 Å². The van der Waals surface area contributed by atoms with Crippen molar-refractivity contribution in [1.29, 1.82) is 0 Å². The van der Waals surface area contributed by atoms with E-state index in [1.54, 1.807) is 44.7 Å². The van der Waals surface area contributed by atoms with E-state index in [4.69, 9.17) is 16.3 Å². The molecule has 3 aliphatic heterocycles. The number of halogens is 1. The van der Waals surface area contributed by atoms with Gasteiger partial charge in [0.15, 0.2) is 0 Å². The Morgan fingerprint density at radius 3 is 2.37 bits per heavy atom. The van der Waals surface area contributed by atoms with Gasteiger partial charge in [0.25, 0.3) is 5.91 Å². The van der Waals surface area contributed by atoms with Crippen molar-refractivity contribution in [2.24, 2.45) is 11.8 Å². The Hall–Kier alpha value is -4.05. The van der Waals surface area contributed by atoms with Gasteiger partial charge in [0.2, 0.25) is 11.8 Å². The molecule has 2 unspecified atom stereocenters. The molecule has 3 fully saturated rings. The van der Waals surface area contributed by atoms with Crippen LogP contribution in [0.15, 0.2) is 98.1 Å². The van der Waals surface area contributed by atoms with Crippen molar-refractivity contribution in [2.45, 2.75) is 48.8 Å². The molecule has 1 N–H and O–H groups in total. The lowest BCUT2D eigenvalue weighted by molar-refractivity contribution is -0.142. The fourth-order valence-electron chi connectivity index (χ4n) is 8.07. The van der Waals surface area contributed by atoms with Gasteiger partial charge in [-0.25, -0.2) is 0 Å². The van der Waals surface area contributed by atoms with E-state index in [-0.39, 0.29) is 36.1 Å². The number of aliphatic hydroxyl groups is 1. The van der Waals surface area contributed by atoms with Crippen LogP contribution in [-0.2, 0) is 14.4 Å². The summed E-state index contributed by atoms with van der Waals surface area (Å²) in [6.45, 7) is 12.2. The highest BCUT2D eigenvalue weighted by molar-refractivity contribution is 8.02. The number of para-hydroxylation sites is 1. The smallest absolute Gasteiger partial charge is 0.251 e. The molecule has 256 valence electrons. The fraction of sp³-hybridized carbons (Fsp3) is 0.359. The van der Waals surface area contributed by atoms with E-state index in [2.05, 4.69) is 13.2 Å². The van der Waals surface area contributed by atoms with E-state index in [0.717, 1.165) is 5.56 Å². The highest BCUT2D eigenvalue weighted by Crippen LogP contribution is 2.67. The number of likely N-dealkylation sites (tertiary alicyclic amines) is 1. The molecule has 3 aliphatic rings. The van der Waals surface area contributed by atoms with Crippen LogP contribution in [0.1, 0.15) is 36.9 Å². The first-order chi connectivity index (χ1) is 23.7. The molecule has 6 rings (SSSR count). The summed E-state index contributed by atoms with van der Waals surface area (Å²) < 4.78 is 4.73. The van der Waals surface area contributed by atoms with Crippen molar-refractivity contribution >= 4 is 52.5 Å². The van der Waals surface area contributed by atoms with Crippen molar-refractivity contribution in [3.05, 3.63) is 114 Å². The maximum absolute atomic E-state index is 15.2. The second-order valence-electron chi connectivity index (χ2n) is 12.7. The van der Waals surface area contributed by atoms with Crippen LogP contribution in [0.25, 0.3) is 0 Å². The predicted octanol–water partition coefficient (Wildman–Crippen LogP) is 6.61. The Kier molecular flexibility index (Phi) is 10.2. The van der Waals surface area contributed by atoms with E-state index in [0.29, 0.717) is 47.2 Å². The SMILES string of the molecule is C=CCN(C(=O)[C@@H]1[C@H]2C(=O)N([C@H](CO)c3ccccc3)C(C(=O)N(CC=C)c3c(C)cccc3Cl)C23CC[C@H]1S3)c1ccc(OCC)cc1. The number of carbonyl (C=O) groups excluding carboxylic acids is 3. The Morgan fingerprint density at radius 1 is 1.04 bits per heavy atom. The third-order valence-electron chi connectivity index (χ3n) is 10.0. The number of amides is 3. The minimum atomic E-state index is -0.968. The molecule has 0 radical (unpaired) electrons. The van der Waals surface area contributed by atoms with Crippen molar-refractivity contribution in [3.8, 4) is 5.75 Å². The number of aliphatic hydroxyl groups excluding tert-OH is 1. The van der Waals surface area contributed by atoms with E-state index in [9.17, 15) is 9.90 Å². The number of fused-ring (bicyclic) bond motifs is 1. The zero-order valence-electron chi connectivity index (χ0n) is 27.8. The molecule has 3 aromatic rings. The number of rotatable bonds is 13. The van der Waals surface area contributed by atoms with Gasteiger partial charge in [-0.15, -0.1) is 24.9 Å². The Bertz CT molecular complexity index is 1720. The number of anilines is 2. The number of nitrogens with zero attached hydrogens (tertiary/aromatic N) is 3. The number of thioether (sulfide) groups is 1. The van der Waals surface area contributed by atoms with Crippen LogP contribution < -0.4 is 14.5 Å². The number of ether oxygens (including phenoxy) is 1. The number of carbonyl (C=O) groups is 3. The van der Waals surface area contributed by atoms with Gasteiger partial charge in [0.1, 0.15) is 11.8 Å².